The average molecular weight is 467 g/mol. The molecule has 4 rings (SSSR count). The molecule has 0 heterocycles. The number of hydrogen-bond acceptors (Lipinski definition) is 3. The number of amides is 2. The van der Waals surface area contributed by atoms with Gasteiger partial charge in [0.25, 0.3) is 0 Å². The van der Waals surface area contributed by atoms with Gasteiger partial charge in [-0.2, -0.15) is 0 Å². The number of nitrogens with one attached hydrogen (secondary N) is 1. The quantitative estimate of drug-likeness (QED) is 0.500. The summed E-state index contributed by atoms with van der Waals surface area (Å²) in [5, 5.41) is 2.62. The Labute approximate surface area is 198 Å². The Morgan fingerprint density at radius 1 is 0.971 bits per heavy atom. The van der Waals surface area contributed by atoms with Crippen LogP contribution in [0.3, 0.4) is 0 Å². The van der Waals surface area contributed by atoms with Gasteiger partial charge in [0, 0.05) is 29.8 Å². The number of benzene rings is 3. The Hall–Kier alpha value is -3.61. The molecule has 0 radical (unpaired) electrons. The van der Waals surface area contributed by atoms with Crippen LogP contribution >= 0.6 is 0 Å². The van der Waals surface area contributed by atoms with E-state index in [2.05, 4.69) is 5.32 Å². The Kier molecular flexibility index (Phi) is 6.72. The summed E-state index contributed by atoms with van der Waals surface area (Å²) in [6.07, 6.45) is 1.14. The summed E-state index contributed by atoms with van der Waals surface area (Å²) in [4.78, 5) is 15.1. The predicted molar refractivity (Wildman–Crippen MR) is 128 cm³/mol. The molecule has 0 saturated heterocycles. The summed E-state index contributed by atoms with van der Waals surface area (Å²) in [5.41, 5.74) is 4.93. The van der Waals surface area contributed by atoms with Gasteiger partial charge in [-0.1, -0.05) is 30.3 Å². The third-order valence-electron chi connectivity index (χ3n) is 6.51. The van der Waals surface area contributed by atoms with Crippen LogP contribution in [-0.2, 0) is 19.4 Å². The molecule has 0 bridgehead atoms. The maximum atomic E-state index is 14.3. The van der Waals surface area contributed by atoms with Gasteiger partial charge in [0.1, 0.15) is 23.1 Å². The molecular weight excluding hydrogens is 438 g/mol. The number of rotatable bonds is 6. The predicted octanol–water partition coefficient (Wildman–Crippen LogP) is 5.80. The van der Waals surface area contributed by atoms with Gasteiger partial charge in [0.15, 0.2) is 0 Å². The Morgan fingerprint density at radius 2 is 1.56 bits per heavy atom. The van der Waals surface area contributed by atoms with E-state index in [1.807, 2.05) is 44.2 Å². The molecule has 0 atom stereocenters. The second-order valence-electron chi connectivity index (χ2n) is 8.50. The molecule has 1 aliphatic carbocycles. The number of urea groups is 1. The molecule has 3 aromatic carbocycles. The molecular formula is C27H28F2N2O3. The molecule has 2 amide bonds. The molecule has 1 aliphatic rings. The summed E-state index contributed by atoms with van der Waals surface area (Å²) in [6, 6.07) is 12.0. The molecule has 7 heteroatoms. The van der Waals surface area contributed by atoms with Gasteiger partial charge in [-0.05, 0) is 55.5 Å². The lowest BCUT2D eigenvalue weighted by Gasteiger charge is -2.29. The van der Waals surface area contributed by atoms with Gasteiger partial charge >= 0.3 is 6.03 Å². The number of hydrogen-bond donors (Lipinski definition) is 1. The summed E-state index contributed by atoms with van der Waals surface area (Å²) in [5.74, 6) is 0.0889. The number of anilines is 1. The van der Waals surface area contributed by atoms with Crippen molar-refractivity contribution in [2.24, 2.45) is 0 Å². The highest BCUT2D eigenvalue weighted by Crippen LogP contribution is 2.44. The van der Waals surface area contributed by atoms with Crippen LogP contribution < -0.4 is 14.8 Å². The van der Waals surface area contributed by atoms with E-state index in [9.17, 15) is 13.6 Å². The molecule has 0 fully saturated rings. The van der Waals surface area contributed by atoms with Crippen LogP contribution in [0.25, 0.3) is 0 Å². The molecule has 0 aromatic heterocycles. The number of fused-ring (bicyclic) bond motifs is 1. The van der Waals surface area contributed by atoms with Crippen LogP contribution in [0.5, 0.6) is 11.5 Å². The van der Waals surface area contributed by atoms with Gasteiger partial charge < -0.3 is 19.7 Å². The second-order valence-corrected chi connectivity index (χ2v) is 8.50. The lowest BCUT2D eigenvalue weighted by molar-refractivity contribution is 0.185. The number of methoxy groups -OCH3 is 2. The normalized spacial score (nSPS) is 12.9. The van der Waals surface area contributed by atoms with E-state index in [1.54, 1.807) is 19.1 Å². The van der Waals surface area contributed by atoms with Gasteiger partial charge in [-0.3, -0.25) is 0 Å². The molecule has 3 aromatic rings. The fourth-order valence-electron chi connectivity index (χ4n) is 4.74. The van der Waals surface area contributed by atoms with Crippen molar-refractivity contribution in [1.82, 2.24) is 4.90 Å². The molecule has 1 N–H and O–H groups in total. The zero-order chi connectivity index (χ0) is 24.4. The van der Waals surface area contributed by atoms with E-state index in [0.717, 1.165) is 51.4 Å². The van der Waals surface area contributed by atoms with Crippen molar-refractivity contribution in [2.75, 3.05) is 19.5 Å². The lowest BCUT2D eigenvalue weighted by atomic mass is 9.98. The minimum Gasteiger partial charge on any atom is -0.496 e. The standard InChI is InChI=1S/C27H28F2N2O3/c1-16-17(2)26(34-4)22-14-20(13-21(22)25(16)33-3)31(15-18-8-6-5-7-9-18)27(32)30-24-11-10-19(28)12-23(24)29/h5-12,20H,13-15H2,1-4H3,(H,30,32). The number of carbonyl (C=O) groups excluding carboxylic acids is 1. The van der Waals surface area contributed by atoms with E-state index in [0.29, 0.717) is 19.4 Å². The molecule has 0 spiro atoms. The maximum Gasteiger partial charge on any atom is 0.322 e. The largest absolute Gasteiger partial charge is 0.496 e. The maximum absolute atomic E-state index is 14.3. The van der Waals surface area contributed by atoms with Crippen molar-refractivity contribution in [2.45, 2.75) is 39.3 Å². The molecule has 178 valence electrons. The minimum absolute atomic E-state index is 0.0678. The van der Waals surface area contributed by atoms with Crippen molar-refractivity contribution in [3.05, 3.63) is 88.0 Å². The molecule has 34 heavy (non-hydrogen) atoms. The molecule has 0 unspecified atom stereocenters. The van der Waals surface area contributed by atoms with Crippen LogP contribution in [-0.4, -0.2) is 31.2 Å². The zero-order valence-electron chi connectivity index (χ0n) is 19.7. The fourth-order valence-corrected chi connectivity index (χ4v) is 4.74. The molecule has 0 saturated carbocycles. The number of halogens is 2. The highest BCUT2D eigenvalue weighted by Gasteiger charge is 2.36. The summed E-state index contributed by atoms with van der Waals surface area (Å²) >= 11 is 0. The summed E-state index contributed by atoms with van der Waals surface area (Å²) in [7, 11) is 3.29. The number of ether oxygens (including phenoxy) is 2. The third kappa shape index (κ3) is 4.42. The Bertz CT molecular complexity index is 1180. The Balaban J connectivity index is 1.69. The second kappa shape index (κ2) is 9.71. The van der Waals surface area contributed by atoms with Crippen LogP contribution in [0, 0.1) is 25.5 Å². The monoisotopic (exact) mass is 466 g/mol. The van der Waals surface area contributed by atoms with Gasteiger partial charge in [0.2, 0.25) is 0 Å². The van der Waals surface area contributed by atoms with Crippen LogP contribution in [0.1, 0.15) is 27.8 Å². The smallest absolute Gasteiger partial charge is 0.322 e. The van der Waals surface area contributed by atoms with Crippen LogP contribution in [0.15, 0.2) is 48.5 Å². The van der Waals surface area contributed by atoms with E-state index < -0.39 is 17.7 Å². The third-order valence-corrected chi connectivity index (χ3v) is 6.51. The molecule has 0 aliphatic heterocycles. The topological polar surface area (TPSA) is 50.8 Å². The first kappa shape index (κ1) is 23.5. The van der Waals surface area contributed by atoms with Crippen molar-refractivity contribution >= 4 is 11.7 Å². The molecule has 5 nitrogen and oxygen atoms in total. The fraction of sp³-hybridized carbons (Fsp3) is 0.296. The first-order valence-corrected chi connectivity index (χ1v) is 11.1. The van der Waals surface area contributed by atoms with Crippen LogP contribution in [0.4, 0.5) is 19.3 Å². The highest BCUT2D eigenvalue weighted by atomic mass is 19.1. The number of carbonyl (C=O) groups is 1. The minimum atomic E-state index is -0.822. The van der Waals surface area contributed by atoms with Crippen molar-refractivity contribution in [3.63, 3.8) is 0 Å². The van der Waals surface area contributed by atoms with E-state index >= 15 is 0 Å². The first-order chi connectivity index (χ1) is 16.3. The SMILES string of the molecule is COc1c(C)c(C)c(OC)c2c1CC(N(Cc1ccccc1)C(=O)Nc1ccc(F)cc1F)C2. The van der Waals surface area contributed by atoms with Gasteiger partial charge in [-0.25, -0.2) is 13.6 Å². The first-order valence-electron chi connectivity index (χ1n) is 11.1. The highest BCUT2D eigenvalue weighted by molar-refractivity contribution is 5.90. The van der Waals surface area contributed by atoms with Crippen molar-refractivity contribution in [3.8, 4) is 11.5 Å². The Morgan fingerprint density at radius 3 is 2.09 bits per heavy atom. The summed E-state index contributed by atoms with van der Waals surface area (Å²) < 4.78 is 39.1. The van der Waals surface area contributed by atoms with Crippen molar-refractivity contribution in [1.29, 1.82) is 0 Å². The van der Waals surface area contributed by atoms with Gasteiger partial charge in [-0.15, -0.1) is 0 Å². The lowest BCUT2D eigenvalue weighted by Crippen LogP contribution is -2.43. The van der Waals surface area contributed by atoms with E-state index in [4.69, 9.17) is 9.47 Å². The van der Waals surface area contributed by atoms with E-state index in [1.165, 1.54) is 6.07 Å². The average Bonchev–Trinajstić information content (AvgIpc) is 3.25. The van der Waals surface area contributed by atoms with E-state index in [-0.39, 0.29) is 11.7 Å². The van der Waals surface area contributed by atoms with Crippen molar-refractivity contribution < 1.29 is 23.0 Å². The zero-order valence-corrected chi connectivity index (χ0v) is 19.7. The van der Waals surface area contributed by atoms with Crippen LogP contribution in [0.2, 0.25) is 0 Å². The van der Waals surface area contributed by atoms with Gasteiger partial charge in [0.05, 0.1) is 19.9 Å². The summed E-state index contributed by atoms with van der Waals surface area (Å²) in [6.45, 7) is 4.32. The number of nitrogens with zero attached hydrogens (tertiary/aromatic N) is 1.